The van der Waals surface area contributed by atoms with Gasteiger partial charge >= 0.3 is 6.18 Å². The summed E-state index contributed by atoms with van der Waals surface area (Å²) >= 11 is 0. The van der Waals surface area contributed by atoms with Crippen molar-refractivity contribution < 1.29 is 17.7 Å². The Bertz CT molecular complexity index is 549. The highest BCUT2D eigenvalue weighted by Gasteiger charge is 2.25. The molecule has 0 aliphatic heterocycles. The van der Waals surface area contributed by atoms with Crippen LogP contribution >= 0.6 is 0 Å². The molecule has 128 valence electrons. The molecule has 0 saturated carbocycles. The fraction of sp³-hybridized carbons (Fsp3) is 0.625. The lowest BCUT2D eigenvalue weighted by Gasteiger charge is -2.05. The zero-order chi connectivity index (χ0) is 16.5. The lowest BCUT2D eigenvalue weighted by Crippen LogP contribution is -2.06. The van der Waals surface area contributed by atoms with Gasteiger partial charge in [0, 0.05) is 18.9 Å². The Hall–Kier alpha value is -1.79. The van der Waals surface area contributed by atoms with E-state index in [1.165, 1.54) is 0 Å². The fourth-order valence-electron chi connectivity index (χ4n) is 2.46. The highest BCUT2D eigenvalue weighted by atomic mass is 19.4. The van der Waals surface area contributed by atoms with Gasteiger partial charge in [0.05, 0.1) is 18.2 Å². The van der Waals surface area contributed by atoms with Crippen molar-refractivity contribution in [2.75, 3.05) is 0 Å². The second-order valence-electron chi connectivity index (χ2n) is 5.73. The van der Waals surface area contributed by atoms with Crippen LogP contribution in [0.25, 0.3) is 11.4 Å². The number of aromatic nitrogens is 3. The summed E-state index contributed by atoms with van der Waals surface area (Å²) in [7, 11) is 0. The fourth-order valence-corrected chi connectivity index (χ4v) is 2.46. The number of aryl methyl sites for hydroxylation is 1. The topological polar surface area (TPSA) is 54.7 Å². The molecule has 2 heterocycles. The van der Waals surface area contributed by atoms with E-state index in [4.69, 9.17) is 4.52 Å². The standard InChI is InChI=1S/C16H22F3N3O/c17-16(18,19)9-7-5-3-1-2-4-6-8-13-10-14(22-23-13)15-11-20-12-21-15/h10-12H,1-9H2,(H,20,21). The minimum atomic E-state index is -4.01. The zero-order valence-electron chi connectivity index (χ0n) is 13.0. The van der Waals surface area contributed by atoms with Crippen LogP contribution in [0.15, 0.2) is 23.1 Å². The van der Waals surface area contributed by atoms with Crippen LogP contribution < -0.4 is 0 Å². The third kappa shape index (κ3) is 6.88. The predicted octanol–water partition coefficient (Wildman–Crippen LogP) is 5.29. The average molecular weight is 329 g/mol. The first-order valence-corrected chi connectivity index (χ1v) is 8.06. The maximum atomic E-state index is 12.0. The van der Waals surface area contributed by atoms with Crippen molar-refractivity contribution in [3.8, 4) is 11.4 Å². The minimum absolute atomic E-state index is 0.248. The molecule has 1 N–H and O–H groups in total. The van der Waals surface area contributed by atoms with E-state index in [1.807, 2.05) is 6.07 Å². The Morgan fingerprint density at radius 1 is 1.00 bits per heavy atom. The second-order valence-corrected chi connectivity index (χ2v) is 5.73. The quantitative estimate of drug-likeness (QED) is 0.603. The van der Waals surface area contributed by atoms with Gasteiger partial charge in [0.15, 0.2) is 0 Å². The van der Waals surface area contributed by atoms with Crippen molar-refractivity contribution in [3.05, 3.63) is 24.4 Å². The Kier molecular flexibility index (Phi) is 6.67. The smallest absolute Gasteiger partial charge is 0.361 e. The molecule has 0 aromatic carbocycles. The van der Waals surface area contributed by atoms with Crippen molar-refractivity contribution in [1.82, 2.24) is 15.1 Å². The van der Waals surface area contributed by atoms with Gasteiger partial charge in [0.1, 0.15) is 11.5 Å². The maximum absolute atomic E-state index is 12.0. The highest BCUT2D eigenvalue weighted by Crippen LogP contribution is 2.23. The van der Waals surface area contributed by atoms with Crippen LogP contribution in [-0.4, -0.2) is 21.3 Å². The van der Waals surface area contributed by atoms with E-state index in [1.54, 1.807) is 12.5 Å². The molecule has 0 amide bonds. The summed E-state index contributed by atoms with van der Waals surface area (Å²) in [5, 5.41) is 3.99. The van der Waals surface area contributed by atoms with Crippen LogP contribution in [0.2, 0.25) is 0 Å². The highest BCUT2D eigenvalue weighted by molar-refractivity contribution is 5.51. The number of alkyl halides is 3. The van der Waals surface area contributed by atoms with Crippen LogP contribution in [0.4, 0.5) is 13.2 Å². The van der Waals surface area contributed by atoms with Crippen LogP contribution in [-0.2, 0) is 6.42 Å². The molecule has 0 radical (unpaired) electrons. The zero-order valence-corrected chi connectivity index (χ0v) is 13.0. The lowest BCUT2D eigenvalue weighted by atomic mass is 10.1. The van der Waals surface area contributed by atoms with Gasteiger partial charge in [0.25, 0.3) is 0 Å². The van der Waals surface area contributed by atoms with Crippen LogP contribution in [0, 0.1) is 0 Å². The number of halogens is 3. The molecular weight excluding hydrogens is 307 g/mol. The number of nitrogens with one attached hydrogen (secondary N) is 1. The molecule has 7 heteroatoms. The number of rotatable bonds is 10. The van der Waals surface area contributed by atoms with Gasteiger partial charge in [-0.15, -0.1) is 0 Å². The van der Waals surface area contributed by atoms with Gasteiger partial charge in [-0.1, -0.05) is 37.3 Å². The van der Waals surface area contributed by atoms with Crippen molar-refractivity contribution in [2.24, 2.45) is 0 Å². The van der Waals surface area contributed by atoms with E-state index in [0.29, 0.717) is 6.42 Å². The van der Waals surface area contributed by atoms with Gasteiger partial charge in [-0.3, -0.25) is 0 Å². The Morgan fingerprint density at radius 3 is 2.35 bits per heavy atom. The molecule has 0 unspecified atom stereocenters. The largest absolute Gasteiger partial charge is 0.389 e. The molecule has 0 atom stereocenters. The van der Waals surface area contributed by atoms with Gasteiger partial charge in [-0.05, 0) is 12.8 Å². The third-order valence-corrected chi connectivity index (χ3v) is 3.72. The third-order valence-electron chi connectivity index (χ3n) is 3.72. The van der Waals surface area contributed by atoms with E-state index in [0.717, 1.165) is 55.7 Å². The van der Waals surface area contributed by atoms with Crippen molar-refractivity contribution in [2.45, 2.75) is 64.0 Å². The molecule has 0 aliphatic rings. The Labute approximate surface area is 133 Å². The Balaban J connectivity index is 1.50. The van der Waals surface area contributed by atoms with Gasteiger partial charge in [-0.25, -0.2) is 4.98 Å². The normalized spacial score (nSPS) is 12.0. The average Bonchev–Trinajstić information content (AvgIpc) is 3.15. The summed E-state index contributed by atoms with van der Waals surface area (Å²) in [6.45, 7) is 0. The molecule has 23 heavy (non-hydrogen) atoms. The number of hydrogen-bond acceptors (Lipinski definition) is 3. The number of nitrogens with zero attached hydrogens (tertiary/aromatic N) is 2. The summed E-state index contributed by atoms with van der Waals surface area (Å²) in [6, 6.07) is 1.91. The molecule has 4 nitrogen and oxygen atoms in total. The molecule has 0 saturated heterocycles. The molecule has 2 rings (SSSR count). The number of H-pyrrole nitrogens is 1. The summed E-state index contributed by atoms with van der Waals surface area (Å²) < 4.78 is 41.2. The van der Waals surface area contributed by atoms with E-state index < -0.39 is 12.6 Å². The maximum Gasteiger partial charge on any atom is 0.389 e. The van der Waals surface area contributed by atoms with E-state index in [9.17, 15) is 13.2 Å². The van der Waals surface area contributed by atoms with E-state index in [2.05, 4.69) is 15.1 Å². The number of hydrogen-bond donors (Lipinski definition) is 1. The number of unbranched alkanes of at least 4 members (excludes halogenated alkanes) is 6. The van der Waals surface area contributed by atoms with Crippen molar-refractivity contribution in [3.63, 3.8) is 0 Å². The molecule has 0 aliphatic carbocycles. The summed E-state index contributed by atoms with van der Waals surface area (Å²) in [6.07, 6.45) is 5.34. The van der Waals surface area contributed by atoms with Crippen LogP contribution in [0.3, 0.4) is 0 Å². The number of aromatic amines is 1. The summed E-state index contributed by atoms with van der Waals surface area (Å²) in [4.78, 5) is 6.91. The van der Waals surface area contributed by atoms with Gasteiger partial charge in [0.2, 0.25) is 0 Å². The molecule has 0 bridgehead atoms. The number of imidazole rings is 1. The monoisotopic (exact) mass is 329 g/mol. The lowest BCUT2D eigenvalue weighted by molar-refractivity contribution is -0.135. The van der Waals surface area contributed by atoms with E-state index >= 15 is 0 Å². The first-order chi connectivity index (χ1) is 11.0. The first kappa shape index (κ1) is 17.6. The molecule has 2 aromatic heterocycles. The predicted molar refractivity (Wildman–Crippen MR) is 80.8 cm³/mol. The molecule has 0 spiro atoms. The molecular formula is C16H22F3N3O. The van der Waals surface area contributed by atoms with Gasteiger partial charge < -0.3 is 9.51 Å². The SMILES string of the molecule is FC(F)(F)CCCCCCCCCc1cc(-c2cnc[nH]2)no1. The van der Waals surface area contributed by atoms with E-state index in [-0.39, 0.29) is 6.42 Å². The second kappa shape index (κ2) is 8.74. The molecule has 0 fully saturated rings. The van der Waals surface area contributed by atoms with Crippen molar-refractivity contribution in [1.29, 1.82) is 0 Å². The molecule has 2 aromatic rings. The van der Waals surface area contributed by atoms with Gasteiger partial charge in [-0.2, -0.15) is 13.2 Å². The first-order valence-electron chi connectivity index (χ1n) is 8.06. The minimum Gasteiger partial charge on any atom is -0.361 e. The summed E-state index contributed by atoms with van der Waals surface area (Å²) in [5.41, 5.74) is 1.58. The van der Waals surface area contributed by atoms with Crippen LogP contribution in [0.1, 0.15) is 57.1 Å². The Morgan fingerprint density at radius 2 is 1.70 bits per heavy atom. The van der Waals surface area contributed by atoms with Crippen LogP contribution in [0.5, 0.6) is 0 Å². The summed E-state index contributed by atoms with van der Waals surface area (Å²) in [5.74, 6) is 0.847. The van der Waals surface area contributed by atoms with Crippen molar-refractivity contribution >= 4 is 0 Å².